The molecule has 2 atom stereocenters. The second kappa shape index (κ2) is 13.4. The second-order valence-corrected chi connectivity index (χ2v) is 9.02. The fourth-order valence-electron chi connectivity index (χ4n) is 3.63. The van der Waals surface area contributed by atoms with Gasteiger partial charge in [-0.15, -0.1) is 0 Å². The molecular formula is C26H34Cl2N2O4. The maximum absolute atomic E-state index is 13.4. The fourth-order valence-corrected chi connectivity index (χ4v) is 3.95. The largest absolute Gasteiger partial charge is 0.493 e. The molecule has 0 heterocycles. The number of benzene rings is 2. The number of methoxy groups -OCH3 is 2. The van der Waals surface area contributed by atoms with Gasteiger partial charge >= 0.3 is 0 Å². The van der Waals surface area contributed by atoms with E-state index in [9.17, 15) is 9.59 Å². The summed E-state index contributed by atoms with van der Waals surface area (Å²) in [6.45, 7) is 6.12. The van der Waals surface area contributed by atoms with Crippen LogP contribution in [0.1, 0.15) is 51.2 Å². The number of carbonyl (C=O) groups is 2. The molecule has 0 radical (unpaired) electrons. The molecule has 2 aromatic rings. The van der Waals surface area contributed by atoms with Crippen molar-refractivity contribution in [2.75, 3.05) is 14.2 Å². The van der Waals surface area contributed by atoms with Gasteiger partial charge in [-0.05, 0) is 61.6 Å². The molecule has 34 heavy (non-hydrogen) atoms. The van der Waals surface area contributed by atoms with Crippen molar-refractivity contribution in [3.05, 3.63) is 57.6 Å². The van der Waals surface area contributed by atoms with Gasteiger partial charge in [0.1, 0.15) is 6.04 Å². The highest BCUT2D eigenvalue weighted by Gasteiger charge is 2.29. The highest BCUT2D eigenvalue weighted by Crippen LogP contribution is 2.28. The first-order valence-corrected chi connectivity index (χ1v) is 12.2. The van der Waals surface area contributed by atoms with Gasteiger partial charge in [-0.1, -0.05) is 49.2 Å². The van der Waals surface area contributed by atoms with Gasteiger partial charge in [0.25, 0.3) is 0 Å². The minimum absolute atomic E-state index is 0.0234. The van der Waals surface area contributed by atoms with Crippen molar-refractivity contribution in [3.63, 3.8) is 0 Å². The molecule has 2 amide bonds. The van der Waals surface area contributed by atoms with Gasteiger partial charge in [0.05, 0.1) is 24.3 Å². The average Bonchev–Trinajstić information content (AvgIpc) is 2.84. The van der Waals surface area contributed by atoms with Gasteiger partial charge in [-0.25, -0.2) is 0 Å². The Morgan fingerprint density at radius 1 is 0.941 bits per heavy atom. The van der Waals surface area contributed by atoms with E-state index in [4.69, 9.17) is 32.7 Å². The van der Waals surface area contributed by atoms with Crippen molar-refractivity contribution in [1.29, 1.82) is 0 Å². The molecule has 186 valence electrons. The number of nitrogens with zero attached hydrogens (tertiary/aromatic N) is 1. The van der Waals surface area contributed by atoms with Crippen LogP contribution in [0, 0.1) is 0 Å². The first-order chi connectivity index (χ1) is 16.2. The zero-order valence-corrected chi connectivity index (χ0v) is 22.0. The molecule has 1 N–H and O–H groups in total. The fraction of sp³-hybridized carbons (Fsp3) is 0.462. The van der Waals surface area contributed by atoms with E-state index in [1.165, 1.54) is 0 Å². The lowest BCUT2D eigenvalue weighted by Gasteiger charge is -2.31. The molecule has 0 fully saturated rings. The van der Waals surface area contributed by atoms with Gasteiger partial charge in [-0.3, -0.25) is 9.59 Å². The van der Waals surface area contributed by atoms with Crippen LogP contribution in [-0.2, 0) is 22.6 Å². The molecule has 0 aliphatic carbocycles. The Morgan fingerprint density at radius 2 is 1.62 bits per heavy atom. The van der Waals surface area contributed by atoms with E-state index in [-0.39, 0.29) is 30.8 Å². The van der Waals surface area contributed by atoms with Crippen molar-refractivity contribution >= 4 is 35.0 Å². The van der Waals surface area contributed by atoms with Gasteiger partial charge in [0, 0.05) is 19.0 Å². The van der Waals surface area contributed by atoms with Crippen LogP contribution >= 0.6 is 23.2 Å². The van der Waals surface area contributed by atoms with Crippen molar-refractivity contribution < 1.29 is 19.1 Å². The van der Waals surface area contributed by atoms with Crippen molar-refractivity contribution in [1.82, 2.24) is 10.2 Å². The first kappa shape index (κ1) is 27.8. The maximum Gasteiger partial charge on any atom is 0.243 e. The van der Waals surface area contributed by atoms with Crippen LogP contribution in [0.5, 0.6) is 11.5 Å². The molecule has 0 saturated carbocycles. The smallest absolute Gasteiger partial charge is 0.243 e. The number of carbonyl (C=O) groups excluding carboxylic acids is 2. The molecule has 0 aliphatic rings. The number of hydrogen-bond donors (Lipinski definition) is 1. The molecule has 2 aromatic carbocycles. The number of halogens is 2. The highest BCUT2D eigenvalue weighted by atomic mass is 35.5. The van der Waals surface area contributed by atoms with Crippen LogP contribution in [0.3, 0.4) is 0 Å². The molecule has 0 aromatic heterocycles. The van der Waals surface area contributed by atoms with Gasteiger partial charge in [-0.2, -0.15) is 0 Å². The predicted octanol–water partition coefficient (Wildman–Crippen LogP) is 5.67. The minimum Gasteiger partial charge on any atom is -0.493 e. The second-order valence-electron chi connectivity index (χ2n) is 8.20. The lowest BCUT2D eigenvalue weighted by Crippen LogP contribution is -2.50. The van der Waals surface area contributed by atoms with E-state index in [1.807, 2.05) is 45.0 Å². The molecule has 6 nitrogen and oxygen atoms in total. The summed E-state index contributed by atoms with van der Waals surface area (Å²) < 4.78 is 10.7. The lowest BCUT2D eigenvalue weighted by atomic mass is 10.1. The SMILES string of the molecule is CCC(C)NC(=O)C(CC)N(Cc1ccc(Cl)c(Cl)c1)C(=O)CCc1ccc(OC)c(OC)c1. The van der Waals surface area contributed by atoms with Crippen molar-refractivity contribution in [3.8, 4) is 11.5 Å². The summed E-state index contributed by atoms with van der Waals surface area (Å²) in [6, 6.07) is 10.3. The number of rotatable bonds is 12. The topological polar surface area (TPSA) is 67.9 Å². The van der Waals surface area contributed by atoms with Crippen LogP contribution in [0.4, 0.5) is 0 Å². The normalized spacial score (nSPS) is 12.6. The number of hydrogen-bond acceptors (Lipinski definition) is 4. The Labute approximate surface area is 212 Å². The summed E-state index contributed by atoms with van der Waals surface area (Å²) >= 11 is 12.3. The van der Waals surface area contributed by atoms with E-state index in [0.717, 1.165) is 17.5 Å². The molecule has 0 bridgehead atoms. The molecule has 0 spiro atoms. The third kappa shape index (κ3) is 7.54. The van der Waals surface area contributed by atoms with Gasteiger partial charge in [0.2, 0.25) is 11.8 Å². The molecule has 8 heteroatoms. The molecule has 0 saturated heterocycles. The van der Waals surface area contributed by atoms with Crippen LogP contribution < -0.4 is 14.8 Å². The van der Waals surface area contributed by atoms with Crippen LogP contribution in [-0.4, -0.2) is 43.0 Å². The summed E-state index contributed by atoms with van der Waals surface area (Å²) in [6.07, 6.45) is 2.04. The number of nitrogens with one attached hydrogen (secondary N) is 1. The van der Waals surface area contributed by atoms with E-state index in [0.29, 0.717) is 34.4 Å². The monoisotopic (exact) mass is 508 g/mol. The number of aryl methyl sites for hydroxylation is 1. The summed E-state index contributed by atoms with van der Waals surface area (Å²) in [4.78, 5) is 28.1. The Kier molecular flexibility index (Phi) is 11.0. The molecule has 2 rings (SSSR count). The standard InChI is InChI=1S/C26H34Cl2N2O4/c1-6-17(3)29-26(32)22(7-2)30(16-19-8-11-20(27)21(28)14-19)25(31)13-10-18-9-12-23(33-4)24(15-18)34-5/h8-9,11-12,14-15,17,22H,6-7,10,13,16H2,1-5H3,(H,29,32). The molecule has 0 aliphatic heterocycles. The summed E-state index contributed by atoms with van der Waals surface area (Å²) in [5, 5.41) is 3.87. The van der Waals surface area contributed by atoms with E-state index in [1.54, 1.807) is 31.3 Å². The third-order valence-electron chi connectivity index (χ3n) is 5.80. The Balaban J connectivity index is 2.26. The Hall–Kier alpha value is -2.44. The Morgan fingerprint density at radius 3 is 2.21 bits per heavy atom. The Bertz CT molecular complexity index is 983. The van der Waals surface area contributed by atoms with Gasteiger partial charge in [0.15, 0.2) is 11.5 Å². The van der Waals surface area contributed by atoms with Crippen LogP contribution in [0.2, 0.25) is 10.0 Å². The average molecular weight is 509 g/mol. The zero-order valence-electron chi connectivity index (χ0n) is 20.5. The quantitative estimate of drug-likeness (QED) is 0.401. The predicted molar refractivity (Wildman–Crippen MR) is 137 cm³/mol. The lowest BCUT2D eigenvalue weighted by molar-refractivity contribution is -0.141. The summed E-state index contributed by atoms with van der Waals surface area (Å²) in [5.74, 6) is 0.967. The van der Waals surface area contributed by atoms with Crippen LogP contribution in [0.15, 0.2) is 36.4 Å². The van der Waals surface area contributed by atoms with E-state index >= 15 is 0 Å². The zero-order chi connectivity index (χ0) is 25.3. The van der Waals surface area contributed by atoms with Crippen LogP contribution in [0.25, 0.3) is 0 Å². The summed E-state index contributed by atoms with van der Waals surface area (Å²) in [7, 11) is 3.16. The summed E-state index contributed by atoms with van der Waals surface area (Å²) in [5.41, 5.74) is 1.75. The van der Waals surface area contributed by atoms with Crippen molar-refractivity contribution in [2.45, 2.75) is 65.1 Å². The minimum atomic E-state index is -0.596. The molecule has 2 unspecified atom stereocenters. The van der Waals surface area contributed by atoms with E-state index in [2.05, 4.69) is 5.32 Å². The third-order valence-corrected chi connectivity index (χ3v) is 6.54. The van der Waals surface area contributed by atoms with E-state index < -0.39 is 6.04 Å². The highest BCUT2D eigenvalue weighted by molar-refractivity contribution is 6.42. The first-order valence-electron chi connectivity index (χ1n) is 11.5. The molecular weight excluding hydrogens is 475 g/mol. The van der Waals surface area contributed by atoms with Gasteiger partial charge < -0.3 is 19.7 Å². The number of ether oxygens (including phenoxy) is 2. The number of amides is 2. The maximum atomic E-state index is 13.4. The van der Waals surface area contributed by atoms with Crippen molar-refractivity contribution in [2.24, 2.45) is 0 Å².